The van der Waals surface area contributed by atoms with Crippen LogP contribution in [0.4, 0.5) is 0 Å². The first-order valence-corrected chi connectivity index (χ1v) is 10.5. The number of rotatable bonds is 8. The molecule has 0 aliphatic heterocycles. The molecule has 3 rings (SSSR count). The average molecular weight is 525 g/mol. The van der Waals surface area contributed by atoms with Gasteiger partial charge in [0.2, 0.25) is 17.3 Å². The summed E-state index contributed by atoms with van der Waals surface area (Å²) >= 11 is 15.8. The molecule has 0 N–H and O–H groups in total. The van der Waals surface area contributed by atoms with E-state index in [9.17, 15) is 14.4 Å². The van der Waals surface area contributed by atoms with Crippen LogP contribution in [-0.4, -0.2) is 36.1 Å². The predicted molar refractivity (Wildman–Crippen MR) is 121 cm³/mol. The van der Waals surface area contributed by atoms with Crippen molar-refractivity contribution in [3.63, 3.8) is 0 Å². The van der Waals surface area contributed by atoms with Gasteiger partial charge in [-0.05, 0) is 40.2 Å². The number of methoxy groups -OCH3 is 2. The number of carbonyl (C=O) groups is 3. The first-order valence-electron chi connectivity index (χ1n) is 8.93. The molecule has 0 aliphatic rings. The molecule has 0 radical (unpaired) electrons. The van der Waals surface area contributed by atoms with Gasteiger partial charge in [0.15, 0.2) is 0 Å². The summed E-state index contributed by atoms with van der Waals surface area (Å²) in [5.74, 6) is -1.43. The number of Topliss-reactive ketones (excluding diaryl/α,β-unsaturated/α-hetero) is 2. The largest absolute Gasteiger partial charge is 0.496 e. The van der Waals surface area contributed by atoms with Crippen LogP contribution >= 0.6 is 39.1 Å². The number of benzene rings is 2. The number of ketones is 3. The van der Waals surface area contributed by atoms with Crippen LogP contribution in [0.5, 0.6) is 11.5 Å². The first kappa shape index (κ1) is 23.1. The quantitative estimate of drug-likeness (QED) is 0.297. The van der Waals surface area contributed by atoms with Crippen LogP contribution in [0.3, 0.4) is 0 Å². The second-order valence-electron chi connectivity index (χ2n) is 6.34. The fourth-order valence-corrected chi connectivity index (χ4v) is 4.18. The third kappa shape index (κ3) is 4.39. The molecule has 0 unspecified atom stereocenters. The number of aromatic nitrogens is 1. The normalized spacial score (nSPS) is 10.6. The molecule has 0 amide bonds. The highest BCUT2D eigenvalue weighted by Gasteiger charge is 2.29. The van der Waals surface area contributed by atoms with Crippen molar-refractivity contribution in [3.05, 3.63) is 80.0 Å². The summed E-state index contributed by atoms with van der Waals surface area (Å²) in [5, 5.41) is 0.00502. The maximum atomic E-state index is 13.3. The Labute approximate surface area is 196 Å². The molecule has 0 atom stereocenters. The Morgan fingerprint density at radius 3 is 2.00 bits per heavy atom. The van der Waals surface area contributed by atoms with Gasteiger partial charge in [0.1, 0.15) is 22.3 Å². The van der Waals surface area contributed by atoms with E-state index in [-0.39, 0.29) is 37.2 Å². The number of ether oxygens (including phenoxy) is 2. The van der Waals surface area contributed by atoms with Crippen LogP contribution in [0, 0.1) is 0 Å². The molecule has 0 aliphatic carbocycles. The minimum Gasteiger partial charge on any atom is -0.496 e. The van der Waals surface area contributed by atoms with Crippen LogP contribution in [0.15, 0.2) is 53.0 Å². The molecule has 9 heteroatoms. The molecule has 0 bridgehead atoms. The lowest BCUT2D eigenvalue weighted by molar-refractivity contribution is -0.115. The number of hydrogen-bond acceptors (Lipinski definition) is 5. The third-order valence-electron chi connectivity index (χ3n) is 4.56. The summed E-state index contributed by atoms with van der Waals surface area (Å²) in [6.07, 6.45) is 0. The van der Waals surface area contributed by atoms with E-state index in [1.165, 1.54) is 24.9 Å². The average Bonchev–Trinajstić information content (AvgIpc) is 3.01. The van der Waals surface area contributed by atoms with E-state index < -0.39 is 23.9 Å². The lowest BCUT2D eigenvalue weighted by Crippen LogP contribution is -2.23. The van der Waals surface area contributed by atoms with Gasteiger partial charge in [-0.1, -0.05) is 47.5 Å². The van der Waals surface area contributed by atoms with Gasteiger partial charge in [-0.25, -0.2) is 0 Å². The number of hydrogen-bond donors (Lipinski definition) is 0. The number of nitrogens with zero attached hydrogens (tertiary/aromatic N) is 1. The Bertz CT molecular complexity index is 1190. The van der Waals surface area contributed by atoms with Crippen LogP contribution in [-0.2, 0) is 11.3 Å². The Kier molecular flexibility index (Phi) is 7.20. The van der Waals surface area contributed by atoms with Crippen molar-refractivity contribution in [2.45, 2.75) is 6.54 Å². The Morgan fingerprint density at radius 1 is 0.903 bits per heavy atom. The second kappa shape index (κ2) is 9.68. The van der Waals surface area contributed by atoms with Gasteiger partial charge in [0, 0.05) is 0 Å². The molecule has 160 valence electrons. The molecule has 0 saturated heterocycles. The van der Waals surface area contributed by atoms with Crippen molar-refractivity contribution < 1.29 is 23.9 Å². The van der Waals surface area contributed by atoms with E-state index >= 15 is 0 Å². The van der Waals surface area contributed by atoms with E-state index in [2.05, 4.69) is 15.9 Å². The van der Waals surface area contributed by atoms with E-state index in [1.807, 2.05) is 0 Å². The zero-order valence-corrected chi connectivity index (χ0v) is 19.5. The standard InChI is InChI=1S/C22H16BrCl2NO5/c1-30-15-9-5-3-7-12(15)20(28)14(27)11-26-19(17(23)18(24)22(26)25)21(29)13-8-4-6-10-16(13)31-2/h3-10H,11H2,1-2H3. The highest BCUT2D eigenvalue weighted by molar-refractivity contribution is 9.10. The van der Waals surface area contributed by atoms with Crippen LogP contribution in [0.2, 0.25) is 10.2 Å². The molecule has 0 saturated carbocycles. The first-order chi connectivity index (χ1) is 14.8. The van der Waals surface area contributed by atoms with Crippen molar-refractivity contribution in [3.8, 4) is 11.5 Å². The van der Waals surface area contributed by atoms with Gasteiger partial charge in [-0.2, -0.15) is 0 Å². The summed E-state index contributed by atoms with van der Waals surface area (Å²) in [6.45, 7) is -0.489. The molecule has 0 fully saturated rings. The van der Waals surface area contributed by atoms with E-state index in [1.54, 1.807) is 42.5 Å². The highest BCUT2D eigenvalue weighted by Crippen LogP contribution is 2.38. The predicted octanol–water partition coefficient (Wildman–Crippen LogP) is 5.26. The molecular formula is C22H16BrCl2NO5. The zero-order valence-electron chi connectivity index (χ0n) is 16.4. The zero-order chi connectivity index (χ0) is 22.7. The summed E-state index contributed by atoms with van der Waals surface area (Å²) in [5.41, 5.74) is 0.392. The Hall–Kier alpha value is -2.61. The van der Waals surface area contributed by atoms with Crippen molar-refractivity contribution in [2.75, 3.05) is 14.2 Å². The van der Waals surface area contributed by atoms with Gasteiger partial charge < -0.3 is 14.0 Å². The summed E-state index contributed by atoms with van der Waals surface area (Å²) in [6, 6.07) is 13.0. The number of carbonyl (C=O) groups excluding carboxylic acids is 3. The lowest BCUT2D eigenvalue weighted by Gasteiger charge is -2.12. The minimum atomic E-state index is -0.792. The van der Waals surface area contributed by atoms with Crippen LogP contribution in [0.25, 0.3) is 0 Å². The van der Waals surface area contributed by atoms with Gasteiger partial charge in [-0.3, -0.25) is 14.4 Å². The van der Waals surface area contributed by atoms with Crippen molar-refractivity contribution in [1.29, 1.82) is 0 Å². The van der Waals surface area contributed by atoms with Crippen LogP contribution < -0.4 is 9.47 Å². The topological polar surface area (TPSA) is 74.6 Å². The smallest absolute Gasteiger partial charge is 0.234 e. The Balaban J connectivity index is 2.03. The molecule has 1 heterocycles. The minimum absolute atomic E-state index is 0.0284. The third-order valence-corrected chi connectivity index (χ3v) is 6.42. The van der Waals surface area contributed by atoms with Crippen LogP contribution in [0.1, 0.15) is 26.4 Å². The second-order valence-corrected chi connectivity index (χ2v) is 7.86. The van der Waals surface area contributed by atoms with Gasteiger partial charge >= 0.3 is 0 Å². The maximum absolute atomic E-state index is 13.3. The molecule has 1 aromatic heterocycles. The van der Waals surface area contributed by atoms with Crippen molar-refractivity contribution >= 4 is 56.5 Å². The number of halogens is 3. The lowest BCUT2D eigenvalue weighted by atomic mass is 10.1. The SMILES string of the molecule is COc1ccccc1C(=O)C(=O)Cn1c(Cl)c(Cl)c(Br)c1C(=O)c1ccccc1OC. The Morgan fingerprint density at radius 2 is 1.42 bits per heavy atom. The fraction of sp³-hybridized carbons (Fsp3) is 0.136. The molecule has 0 spiro atoms. The molecule has 2 aromatic carbocycles. The van der Waals surface area contributed by atoms with E-state index in [0.29, 0.717) is 5.75 Å². The molecule has 3 aromatic rings. The summed E-state index contributed by atoms with van der Waals surface area (Å²) < 4.78 is 11.8. The monoisotopic (exact) mass is 523 g/mol. The van der Waals surface area contributed by atoms with E-state index in [0.717, 1.165) is 0 Å². The maximum Gasteiger partial charge on any atom is 0.234 e. The van der Waals surface area contributed by atoms with E-state index in [4.69, 9.17) is 32.7 Å². The van der Waals surface area contributed by atoms with Crippen molar-refractivity contribution in [1.82, 2.24) is 4.57 Å². The highest BCUT2D eigenvalue weighted by atomic mass is 79.9. The summed E-state index contributed by atoms with van der Waals surface area (Å²) in [7, 11) is 2.84. The van der Waals surface area contributed by atoms with Gasteiger partial charge in [0.25, 0.3) is 0 Å². The molecule has 6 nitrogen and oxygen atoms in total. The fourth-order valence-electron chi connectivity index (χ4n) is 3.06. The number of para-hydroxylation sites is 2. The van der Waals surface area contributed by atoms with Gasteiger partial charge in [-0.15, -0.1) is 0 Å². The van der Waals surface area contributed by atoms with Crippen molar-refractivity contribution in [2.24, 2.45) is 0 Å². The molecule has 31 heavy (non-hydrogen) atoms. The summed E-state index contributed by atoms with van der Waals surface area (Å²) in [4.78, 5) is 38.8. The van der Waals surface area contributed by atoms with Gasteiger partial charge in [0.05, 0.1) is 41.4 Å². The molecular weight excluding hydrogens is 509 g/mol.